The van der Waals surface area contributed by atoms with E-state index >= 15 is 0 Å². The van der Waals surface area contributed by atoms with Crippen LogP contribution in [0, 0.1) is 0 Å². The maximum Gasteiger partial charge on any atom is 0.349 e. The predicted molar refractivity (Wildman–Crippen MR) is 129 cm³/mol. The van der Waals surface area contributed by atoms with Crippen molar-refractivity contribution in [2.75, 3.05) is 6.61 Å². The lowest BCUT2D eigenvalue weighted by Gasteiger charge is -2.09. The van der Waals surface area contributed by atoms with Gasteiger partial charge in [-0.1, -0.05) is 23.2 Å². The number of ether oxygens (including phenoxy) is 2. The molecule has 35 heavy (non-hydrogen) atoms. The Kier molecular flexibility index (Phi) is 7.74. The molecule has 1 N–H and O–H groups in total. The molecular weight excluding hydrogens is 497 g/mol. The van der Waals surface area contributed by atoms with Crippen LogP contribution in [0.25, 0.3) is 11.0 Å². The molecule has 180 valence electrons. The SMILES string of the molecule is O=C(CCCOc1ccc(Cl)cc1Cl)Oc1ccc2cc(C(=O)NCc3ccco3)c(=O)oc2c1. The lowest BCUT2D eigenvalue weighted by atomic mass is 10.1. The van der Waals surface area contributed by atoms with Crippen LogP contribution >= 0.6 is 23.2 Å². The molecule has 0 atom stereocenters. The molecule has 0 aliphatic rings. The number of rotatable bonds is 9. The van der Waals surface area contributed by atoms with Crippen molar-refractivity contribution in [3.8, 4) is 11.5 Å². The second-order valence-corrected chi connectivity index (χ2v) is 8.25. The van der Waals surface area contributed by atoms with E-state index in [4.69, 9.17) is 41.5 Å². The third-order valence-corrected chi connectivity index (χ3v) is 5.39. The van der Waals surface area contributed by atoms with Crippen molar-refractivity contribution < 1.29 is 27.9 Å². The molecule has 0 aliphatic heterocycles. The molecule has 0 bridgehead atoms. The largest absolute Gasteiger partial charge is 0.492 e. The summed E-state index contributed by atoms with van der Waals surface area (Å²) in [6, 6.07) is 14.3. The minimum atomic E-state index is -0.809. The van der Waals surface area contributed by atoms with Gasteiger partial charge >= 0.3 is 11.6 Å². The van der Waals surface area contributed by atoms with Crippen molar-refractivity contribution in [2.24, 2.45) is 0 Å². The fourth-order valence-corrected chi connectivity index (χ4v) is 3.63. The minimum Gasteiger partial charge on any atom is -0.492 e. The Labute approximate surface area is 209 Å². The molecule has 0 fully saturated rings. The van der Waals surface area contributed by atoms with Gasteiger partial charge in [-0.15, -0.1) is 0 Å². The van der Waals surface area contributed by atoms with Gasteiger partial charge in [-0.05, 0) is 55.0 Å². The van der Waals surface area contributed by atoms with E-state index in [-0.39, 0.29) is 36.5 Å². The van der Waals surface area contributed by atoms with Gasteiger partial charge in [0, 0.05) is 22.9 Å². The van der Waals surface area contributed by atoms with Gasteiger partial charge in [-0.25, -0.2) is 4.79 Å². The quantitative estimate of drug-likeness (QED) is 0.138. The average molecular weight is 516 g/mol. The van der Waals surface area contributed by atoms with E-state index in [0.29, 0.717) is 33.4 Å². The molecule has 0 radical (unpaired) electrons. The van der Waals surface area contributed by atoms with Crippen LogP contribution in [-0.2, 0) is 11.3 Å². The van der Waals surface area contributed by atoms with Crippen molar-refractivity contribution in [2.45, 2.75) is 19.4 Å². The molecule has 2 heterocycles. The van der Waals surface area contributed by atoms with E-state index < -0.39 is 17.5 Å². The summed E-state index contributed by atoms with van der Waals surface area (Å²) in [5, 5.41) is 3.99. The van der Waals surface area contributed by atoms with Gasteiger partial charge in [0.1, 0.15) is 28.4 Å². The Morgan fingerprint density at radius 2 is 1.89 bits per heavy atom. The normalized spacial score (nSPS) is 10.8. The van der Waals surface area contributed by atoms with Crippen molar-refractivity contribution in [1.82, 2.24) is 5.32 Å². The molecule has 2 aromatic heterocycles. The third kappa shape index (κ3) is 6.44. The Hall–Kier alpha value is -3.75. The Morgan fingerprint density at radius 3 is 2.66 bits per heavy atom. The van der Waals surface area contributed by atoms with Gasteiger partial charge < -0.3 is 23.6 Å². The number of carbonyl (C=O) groups excluding carboxylic acids is 2. The Balaban J connectivity index is 1.32. The third-order valence-electron chi connectivity index (χ3n) is 4.86. The topological polar surface area (TPSA) is 108 Å². The summed E-state index contributed by atoms with van der Waals surface area (Å²) in [6.07, 6.45) is 1.99. The summed E-state index contributed by atoms with van der Waals surface area (Å²) in [6.45, 7) is 0.393. The maximum atomic E-state index is 12.4. The first-order valence-corrected chi connectivity index (χ1v) is 11.3. The van der Waals surface area contributed by atoms with E-state index in [0.717, 1.165) is 0 Å². The summed E-state index contributed by atoms with van der Waals surface area (Å²) in [5.41, 5.74) is -0.769. The average Bonchev–Trinajstić information content (AvgIpc) is 3.34. The molecule has 0 spiro atoms. The molecule has 10 heteroatoms. The predicted octanol–water partition coefficient (Wildman–Crippen LogP) is 5.39. The van der Waals surface area contributed by atoms with Gasteiger partial charge in [0.25, 0.3) is 5.91 Å². The van der Waals surface area contributed by atoms with E-state index in [9.17, 15) is 14.4 Å². The van der Waals surface area contributed by atoms with E-state index in [1.807, 2.05) is 0 Å². The number of esters is 1. The van der Waals surface area contributed by atoms with Gasteiger partial charge in [0.2, 0.25) is 0 Å². The summed E-state index contributed by atoms with van der Waals surface area (Å²) < 4.78 is 21.3. The highest BCUT2D eigenvalue weighted by atomic mass is 35.5. The number of halogens is 2. The van der Waals surface area contributed by atoms with E-state index in [1.165, 1.54) is 18.4 Å². The molecule has 0 unspecified atom stereocenters. The number of benzene rings is 2. The zero-order valence-electron chi connectivity index (χ0n) is 18.2. The van der Waals surface area contributed by atoms with Crippen LogP contribution in [0.5, 0.6) is 11.5 Å². The van der Waals surface area contributed by atoms with Gasteiger partial charge in [0.05, 0.1) is 24.4 Å². The number of furan rings is 1. The summed E-state index contributed by atoms with van der Waals surface area (Å²) in [7, 11) is 0. The second kappa shape index (κ2) is 11.1. The van der Waals surface area contributed by atoms with Crippen molar-refractivity contribution >= 4 is 46.0 Å². The van der Waals surface area contributed by atoms with Crippen LogP contribution < -0.4 is 20.4 Å². The lowest BCUT2D eigenvalue weighted by molar-refractivity contribution is -0.134. The van der Waals surface area contributed by atoms with Crippen LogP contribution in [0.3, 0.4) is 0 Å². The fraction of sp³-hybridized carbons (Fsp3) is 0.160. The van der Waals surface area contributed by atoms with E-state index in [1.54, 1.807) is 42.5 Å². The first-order chi connectivity index (χ1) is 16.9. The summed E-state index contributed by atoms with van der Waals surface area (Å²) >= 11 is 11.9. The molecule has 4 rings (SSSR count). The summed E-state index contributed by atoms with van der Waals surface area (Å²) in [4.78, 5) is 36.9. The molecule has 0 aliphatic carbocycles. The number of carbonyl (C=O) groups is 2. The molecule has 0 saturated carbocycles. The molecule has 0 saturated heterocycles. The molecular formula is C25H19Cl2NO7. The van der Waals surface area contributed by atoms with E-state index in [2.05, 4.69) is 5.32 Å². The monoisotopic (exact) mass is 515 g/mol. The number of nitrogens with one attached hydrogen (secondary N) is 1. The highest BCUT2D eigenvalue weighted by Crippen LogP contribution is 2.27. The highest BCUT2D eigenvalue weighted by molar-refractivity contribution is 6.35. The van der Waals surface area contributed by atoms with Gasteiger partial charge in [-0.2, -0.15) is 0 Å². The van der Waals surface area contributed by atoms with Crippen LogP contribution in [0.2, 0.25) is 10.0 Å². The molecule has 2 aromatic carbocycles. The van der Waals surface area contributed by atoms with Crippen LogP contribution in [-0.4, -0.2) is 18.5 Å². The number of fused-ring (bicyclic) bond motifs is 1. The van der Waals surface area contributed by atoms with Gasteiger partial charge in [-0.3, -0.25) is 9.59 Å². The van der Waals surface area contributed by atoms with Crippen LogP contribution in [0.1, 0.15) is 29.0 Å². The zero-order valence-corrected chi connectivity index (χ0v) is 19.7. The van der Waals surface area contributed by atoms with Gasteiger partial charge in [0.15, 0.2) is 0 Å². The van der Waals surface area contributed by atoms with Crippen molar-refractivity contribution in [3.63, 3.8) is 0 Å². The van der Waals surface area contributed by atoms with Crippen LogP contribution in [0.4, 0.5) is 0 Å². The van der Waals surface area contributed by atoms with Crippen molar-refractivity contribution in [3.05, 3.63) is 92.6 Å². The lowest BCUT2D eigenvalue weighted by Crippen LogP contribution is -2.27. The maximum absolute atomic E-state index is 12.4. The zero-order chi connectivity index (χ0) is 24.8. The Morgan fingerprint density at radius 1 is 1.03 bits per heavy atom. The van der Waals surface area contributed by atoms with Crippen LogP contribution in [0.15, 0.2) is 74.5 Å². The molecule has 1 amide bonds. The Bertz CT molecular complexity index is 1410. The number of hydrogen-bond acceptors (Lipinski definition) is 7. The standard InChI is InChI=1S/C25H19Cl2NO7/c26-16-6-8-21(20(27)12-16)33-10-2-4-23(29)34-17-7-5-15-11-19(25(31)35-22(15)13-17)24(30)28-14-18-3-1-9-32-18/h1,3,5-9,11-13H,2,4,10,14H2,(H,28,30). The number of hydrogen-bond donors (Lipinski definition) is 1. The minimum absolute atomic E-state index is 0.0992. The second-order valence-electron chi connectivity index (χ2n) is 7.41. The first kappa shape index (κ1) is 24.4. The molecule has 8 nitrogen and oxygen atoms in total. The number of amides is 1. The molecule has 4 aromatic rings. The summed E-state index contributed by atoms with van der Waals surface area (Å²) in [5.74, 6) is 0.168. The first-order valence-electron chi connectivity index (χ1n) is 10.6. The van der Waals surface area contributed by atoms with Crippen molar-refractivity contribution in [1.29, 1.82) is 0 Å². The highest BCUT2D eigenvalue weighted by Gasteiger charge is 2.15. The fourth-order valence-electron chi connectivity index (χ4n) is 3.16. The smallest absolute Gasteiger partial charge is 0.349 e.